The van der Waals surface area contributed by atoms with Crippen LogP contribution in [-0.4, -0.2) is 49.8 Å². The number of piperidine rings is 1. The van der Waals surface area contributed by atoms with Crippen molar-refractivity contribution in [3.8, 4) is 0 Å². The maximum atomic E-state index is 14.2. The van der Waals surface area contributed by atoms with Gasteiger partial charge in [0.15, 0.2) is 9.84 Å². The van der Waals surface area contributed by atoms with Gasteiger partial charge in [-0.1, -0.05) is 31.4 Å². The number of benzene rings is 2. The molecule has 2 aromatic carbocycles. The molecule has 3 fully saturated rings. The lowest BCUT2D eigenvalue weighted by Gasteiger charge is -2.35. The van der Waals surface area contributed by atoms with Crippen LogP contribution in [0.3, 0.4) is 0 Å². The average molecular weight is 574 g/mol. The summed E-state index contributed by atoms with van der Waals surface area (Å²) in [4.78, 5) is 14.9. The van der Waals surface area contributed by atoms with Crippen LogP contribution in [0.4, 0.5) is 8.78 Å². The fourth-order valence-electron chi connectivity index (χ4n) is 7.30. The van der Waals surface area contributed by atoms with Gasteiger partial charge in [-0.15, -0.1) is 0 Å². The number of hydrogen-bond donors (Lipinski definition) is 1. The quantitative estimate of drug-likeness (QED) is 0.309. The highest BCUT2D eigenvalue weighted by Gasteiger charge is 2.43. The molecular formula is C32H41F2NO4S. The number of carboxylic acid groups (broad SMARTS) is 1. The minimum Gasteiger partial charge on any atom is -0.481 e. The van der Waals surface area contributed by atoms with Crippen LogP contribution in [-0.2, 0) is 14.6 Å². The number of likely N-dealkylation sites (tertiary alicyclic amines) is 1. The number of rotatable bonds is 11. The van der Waals surface area contributed by atoms with Crippen LogP contribution < -0.4 is 0 Å². The average Bonchev–Trinajstić information content (AvgIpc) is 3.31. The minimum absolute atomic E-state index is 0.0623. The second kappa shape index (κ2) is 12.7. The van der Waals surface area contributed by atoms with Crippen LogP contribution in [0, 0.1) is 41.2 Å². The molecule has 0 amide bonds. The predicted molar refractivity (Wildman–Crippen MR) is 151 cm³/mol. The van der Waals surface area contributed by atoms with Gasteiger partial charge in [0, 0.05) is 6.54 Å². The van der Waals surface area contributed by atoms with Crippen molar-refractivity contribution in [2.24, 2.45) is 29.6 Å². The van der Waals surface area contributed by atoms with Gasteiger partial charge in [0.25, 0.3) is 0 Å². The van der Waals surface area contributed by atoms with Gasteiger partial charge >= 0.3 is 5.97 Å². The van der Waals surface area contributed by atoms with E-state index in [4.69, 9.17) is 0 Å². The van der Waals surface area contributed by atoms with Crippen LogP contribution in [0.2, 0.25) is 0 Å². The topological polar surface area (TPSA) is 74.7 Å². The molecule has 3 unspecified atom stereocenters. The van der Waals surface area contributed by atoms with E-state index in [9.17, 15) is 27.1 Å². The Kier molecular flexibility index (Phi) is 9.25. The van der Waals surface area contributed by atoms with E-state index in [1.165, 1.54) is 36.8 Å². The number of nitrogens with zero attached hydrogens (tertiary/aromatic N) is 1. The summed E-state index contributed by atoms with van der Waals surface area (Å²) in [6, 6.07) is 11.8. The molecule has 1 aliphatic heterocycles. The second-order valence-electron chi connectivity index (χ2n) is 12.4. The van der Waals surface area contributed by atoms with Gasteiger partial charge < -0.3 is 10.0 Å². The molecule has 1 N–H and O–H groups in total. The highest BCUT2D eigenvalue weighted by Crippen LogP contribution is 2.49. The molecule has 0 bridgehead atoms. The summed E-state index contributed by atoms with van der Waals surface area (Å²) in [5, 5.41) is 10.1. The fraction of sp³-hybridized carbons (Fsp3) is 0.594. The van der Waals surface area contributed by atoms with Crippen molar-refractivity contribution >= 4 is 15.8 Å². The smallest absolute Gasteiger partial charge is 0.306 e. The molecular weight excluding hydrogens is 532 g/mol. The zero-order chi connectivity index (χ0) is 28.3. The fourth-order valence-corrected chi connectivity index (χ4v) is 8.73. The minimum atomic E-state index is -3.44. The van der Waals surface area contributed by atoms with E-state index < -0.39 is 21.6 Å². The van der Waals surface area contributed by atoms with Gasteiger partial charge in [0.1, 0.15) is 11.6 Å². The van der Waals surface area contributed by atoms with E-state index in [-0.39, 0.29) is 40.1 Å². The van der Waals surface area contributed by atoms with E-state index in [1.54, 1.807) is 12.1 Å². The van der Waals surface area contributed by atoms with Crippen molar-refractivity contribution in [3.63, 3.8) is 0 Å². The number of sulfone groups is 1. The highest BCUT2D eigenvalue weighted by atomic mass is 32.2. The first-order valence-corrected chi connectivity index (χ1v) is 16.5. The lowest BCUT2D eigenvalue weighted by atomic mass is 9.74. The van der Waals surface area contributed by atoms with Gasteiger partial charge in [0.2, 0.25) is 0 Å². The summed E-state index contributed by atoms with van der Waals surface area (Å²) in [6.07, 6.45) is 8.28. The normalized spacial score (nSPS) is 25.5. The van der Waals surface area contributed by atoms with Gasteiger partial charge in [-0.25, -0.2) is 17.2 Å². The molecule has 3 aliphatic rings. The van der Waals surface area contributed by atoms with Crippen molar-refractivity contribution in [2.45, 2.75) is 68.6 Å². The van der Waals surface area contributed by atoms with Gasteiger partial charge in [-0.2, -0.15) is 0 Å². The number of carboxylic acids is 1. The molecule has 5 rings (SSSR count). The van der Waals surface area contributed by atoms with Crippen molar-refractivity contribution in [3.05, 3.63) is 65.7 Å². The number of carbonyl (C=O) groups is 1. The van der Waals surface area contributed by atoms with Gasteiger partial charge in [-0.3, -0.25) is 4.79 Å². The van der Waals surface area contributed by atoms with Crippen molar-refractivity contribution in [1.29, 1.82) is 0 Å². The first-order valence-electron chi connectivity index (χ1n) is 14.9. The molecule has 2 saturated carbocycles. The summed E-state index contributed by atoms with van der Waals surface area (Å²) < 4.78 is 52.8. The molecule has 40 heavy (non-hydrogen) atoms. The van der Waals surface area contributed by atoms with Crippen LogP contribution in [0.5, 0.6) is 0 Å². The third kappa shape index (κ3) is 7.11. The number of halogens is 2. The second-order valence-corrected chi connectivity index (χ2v) is 14.5. The van der Waals surface area contributed by atoms with E-state index in [0.29, 0.717) is 18.3 Å². The molecule has 1 saturated heterocycles. The van der Waals surface area contributed by atoms with Crippen molar-refractivity contribution in [1.82, 2.24) is 4.90 Å². The molecule has 1 heterocycles. The van der Waals surface area contributed by atoms with Crippen LogP contribution in [0.15, 0.2) is 53.4 Å². The lowest BCUT2D eigenvalue weighted by molar-refractivity contribution is -0.144. The maximum Gasteiger partial charge on any atom is 0.306 e. The largest absolute Gasteiger partial charge is 0.481 e. The molecule has 218 valence electrons. The van der Waals surface area contributed by atoms with Crippen LogP contribution >= 0.6 is 0 Å². The standard InChI is InChI=1S/C32H41F2NO4S/c33-27-7-9-29(10-8-27)40(38,39)16-13-22-11-14-35(15-12-22)21-26-18-25(31(32(36)37)17-23-3-1-4-23)20-30(26)24-5-2-6-28(34)19-24/h2,5-10,19,22-23,25-26,30-31H,1,3-4,11-18,20-21H2,(H,36,37)/t25?,26?,30?,31-/m0/s1. The Morgan fingerprint density at radius 1 is 0.950 bits per heavy atom. The zero-order valence-corrected chi connectivity index (χ0v) is 23.9. The Bertz CT molecular complexity index is 1260. The van der Waals surface area contributed by atoms with E-state index in [0.717, 1.165) is 70.1 Å². The lowest BCUT2D eigenvalue weighted by Crippen LogP contribution is -2.38. The first-order chi connectivity index (χ1) is 19.2. The summed E-state index contributed by atoms with van der Waals surface area (Å²) in [5.74, 6) is -0.297. The monoisotopic (exact) mass is 573 g/mol. The molecule has 2 aliphatic carbocycles. The first kappa shape index (κ1) is 29.2. The van der Waals surface area contributed by atoms with Gasteiger partial charge in [0.05, 0.1) is 16.6 Å². The Morgan fingerprint density at radius 2 is 1.68 bits per heavy atom. The number of hydrogen-bond acceptors (Lipinski definition) is 4. The van der Waals surface area contributed by atoms with E-state index in [2.05, 4.69) is 4.90 Å². The maximum absolute atomic E-state index is 14.2. The molecule has 8 heteroatoms. The third-order valence-corrected chi connectivity index (χ3v) is 11.6. The van der Waals surface area contributed by atoms with Gasteiger partial charge in [-0.05, 0) is 123 Å². The summed E-state index contributed by atoms with van der Waals surface area (Å²) in [7, 11) is -3.44. The van der Waals surface area contributed by atoms with Crippen molar-refractivity contribution < 1.29 is 27.1 Å². The summed E-state index contributed by atoms with van der Waals surface area (Å²) >= 11 is 0. The Morgan fingerprint density at radius 3 is 2.30 bits per heavy atom. The molecule has 4 atom stereocenters. The van der Waals surface area contributed by atoms with Crippen LogP contribution in [0.25, 0.3) is 0 Å². The van der Waals surface area contributed by atoms with Crippen molar-refractivity contribution in [2.75, 3.05) is 25.4 Å². The molecule has 5 nitrogen and oxygen atoms in total. The molecule has 2 aromatic rings. The highest BCUT2D eigenvalue weighted by molar-refractivity contribution is 7.91. The summed E-state index contributed by atoms with van der Waals surface area (Å²) in [6.45, 7) is 2.61. The Labute approximate surface area is 236 Å². The molecule has 0 spiro atoms. The molecule has 0 aromatic heterocycles. The predicted octanol–water partition coefficient (Wildman–Crippen LogP) is 6.54. The summed E-state index contributed by atoms with van der Waals surface area (Å²) in [5.41, 5.74) is 0.973. The zero-order valence-electron chi connectivity index (χ0n) is 23.1. The SMILES string of the molecule is O=C(O)[C@@H](CC1CCC1)C1CC(CN2CCC(CCS(=O)(=O)c3ccc(F)cc3)CC2)C(c2cccc(F)c2)C1. The van der Waals surface area contributed by atoms with E-state index >= 15 is 0 Å². The van der Waals surface area contributed by atoms with E-state index in [1.807, 2.05) is 6.07 Å². The third-order valence-electron chi connectivity index (χ3n) is 9.87. The Hall–Kier alpha value is -2.32. The Balaban J connectivity index is 1.19. The number of aliphatic carboxylic acids is 1. The molecule has 0 radical (unpaired) electrons. The van der Waals surface area contributed by atoms with Crippen LogP contribution in [0.1, 0.15) is 69.3 Å².